The number of thiocarbonyl (C=S) groups is 1. The molecule has 3 heterocycles. The van der Waals surface area contributed by atoms with Gasteiger partial charge in [0.25, 0.3) is 0 Å². The molecule has 2 atom stereocenters. The molecule has 1 aliphatic carbocycles. The average Bonchev–Trinajstić information content (AvgIpc) is 3.48. The first-order valence-electron chi connectivity index (χ1n) is 10.2. The molecule has 2 aromatic heterocycles. The van der Waals surface area contributed by atoms with Crippen molar-refractivity contribution in [3.63, 3.8) is 0 Å². The van der Waals surface area contributed by atoms with E-state index in [1.165, 1.54) is 18.9 Å². The molecule has 1 N–H and O–H groups in total. The number of aromatic nitrogens is 2. The molecule has 2 aliphatic rings. The molecule has 1 saturated heterocycles. The van der Waals surface area contributed by atoms with Gasteiger partial charge in [-0.15, -0.1) is 0 Å². The third-order valence-electron chi connectivity index (χ3n) is 6.02. The van der Waals surface area contributed by atoms with Gasteiger partial charge in [0.15, 0.2) is 5.11 Å². The Kier molecular flexibility index (Phi) is 4.79. The van der Waals surface area contributed by atoms with Gasteiger partial charge in [-0.1, -0.05) is 25.0 Å². The van der Waals surface area contributed by atoms with Gasteiger partial charge in [0.2, 0.25) is 0 Å². The summed E-state index contributed by atoms with van der Waals surface area (Å²) >= 11 is 5.80. The molecular formula is C23H23FN4S. The van der Waals surface area contributed by atoms with Crippen LogP contribution in [0, 0.1) is 5.82 Å². The van der Waals surface area contributed by atoms with Crippen molar-refractivity contribution in [2.24, 2.45) is 0 Å². The minimum absolute atomic E-state index is 0.00114. The van der Waals surface area contributed by atoms with Gasteiger partial charge in [0.1, 0.15) is 5.82 Å². The Bertz CT molecular complexity index is 1010. The van der Waals surface area contributed by atoms with Gasteiger partial charge < -0.3 is 14.8 Å². The SMILES string of the molecule is Fc1cccc(-n2cccc2[C@H]2[C@H](c3ccccn3)NC(=S)N2C2CCCC2)c1. The monoisotopic (exact) mass is 406 g/mol. The van der Waals surface area contributed by atoms with Crippen molar-refractivity contribution in [3.8, 4) is 5.69 Å². The zero-order valence-corrected chi connectivity index (χ0v) is 16.9. The van der Waals surface area contributed by atoms with Crippen LogP contribution < -0.4 is 5.32 Å². The zero-order valence-electron chi connectivity index (χ0n) is 16.0. The first kappa shape index (κ1) is 18.3. The first-order valence-corrected chi connectivity index (χ1v) is 10.6. The lowest BCUT2D eigenvalue weighted by Crippen LogP contribution is -2.38. The van der Waals surface area contributed by atoms with Gasteiger partial charge in [-0.05, 0) is 67.5 Å². The molecule has 148 valence electrons. The molecule has 0 radical (unpaired) electrons. The van der Waals surface area contributed by atoms with Crippen LogP contribution in [0.25, 0.3) is 5.69 Å². The third kappa shape index (κ3) is 3.31. The molecular weight excluding hydrogens is 383 g/mol. The minimum atomic E-state index is -0.240. The van der Waals surface area contributed by atoms with Crippen LogP contribution in [0.2, 0.25) is 0 Å². The van der Waals surface area contributed by atoms with Gasteiger partial charge in [-0.3, -0.25) is 4.98 Å². The molecule has 29 heavy (non-hydrogen) atoms. The predicted molar refractivity (Wildman–Crippen MR) is 115 cm³/mol. The van der Waals surface area contributed by atoms with Crippen molar-refractivity contribution in [2.45, 2.75) is 43.8 Å². The van der Waals surface area contributed by atoms with Crippen molar-refractivity contribution < 1.29 is 4.39 Å². The highest BCUT2D eigenvalue weighted by molar-refractivity contribution is 7.80. The van der Waals surface area contributed by atoms with Gasteiger partial charge in [0, 0.05) is 29.8 Å². The third-order valence-corrected chi connectivity index (χ3v) is 6.35. The molecule has 1 saturated carbocycles. The highest BCUT2D eigenvalue weighted by Crippen LogP contribution is 2.43. The van der Waals surface area contributed by atoms with Crippen LogP contribution in [0.5, 0.6) is 0 Å². The summed E-state index contributed by atoms with van der Waals surface area (Å²) in [5.41, 5.74) is 2.87. The van der Waals surface area contributed by atoms with Crippen molar-refractivity contribution in [3.05, 3.63) is 84.2 Å². The van der Waals surface area contributed by atoms with Gasteiger partial charge in [-0.25, -0.2) is 4.39 Å². The summed E-state index contributed by atoms with van der Waals surface area (Å²) in [7, 11) is 0. The topological polar surface area (TPSA) is 33.1 Å². The average molecular weight is 407 g/mol. The van der Waals surface area contributed by atoms with E-state index in [4.69, 9.17) is 12.2 Å². The summed E-state index contributed by atoms with van der Waals surface area (Å²) in [6.07, 6.45) is 8.57. The molecule has 0 spiro atoms. The number of rotatable bonds is 4. The summed E-state index contributed by atoms with van der Waals surface area (Å²) < 4.78 is 16.0. The first-order chi connectivity index (χ1) is 14.2. The lowest BCUT2D eigenvalue weighted by Gasteiger charge is -2.33. The van der Waals surface area contributed by atoms with E-state index in [-0.39, 0.29) is 17.9 Å². The fourth-order valence-electron chi connectivity index (χ4n) is 4.75. The zero-order chi connectivity index (χ0) is 19.8. The van der Waals surface area contributed by atoms with E-state index in [1.54, 1.807) is 12.1 Å². The van der Waals surface area contributed by atoms with Crippen LogP contribution in [-0.2, 0) is 0 Å². The molecule has 6 heteroatoms. The molecule has 5 rings (SSSR count). The molecule has 0 unspecified atom stereocenters. The second kappa shape index (κ2) is 7.59. The summed E-state index contributed by atoms with van der Waals surface area (Å²) in [5, 5.41) is 4.32. The molecule has 0 bridgehead atoms. The van der Waals surface area contributed by atoms with Crippen LogP contribution >= 0.6 is 12.2 Å². The molecule has 1 aliphatic heterocycles. The van der Waals surface area contributed by atoms with Crippen LogP contribution in [0.15, 0.2) is 67.0 Å². The Morgan fingerprint density at radius 3 is 2.66 bits per heavy atom. The van der Waals surface area contributed by atoms with E-state index in [1.807, 2.05) is 42.7 Å². The maximum absolute atomic E-state index is 13.9. The Hall–Kier alpha value is -2.73. The van der Waals surface area contributed by atoms with Crippen molar-refractivity contribution in [2.75, 3.05) is 0 Å². The number of nitrogens with one attached hydrogen (secondary N) is 1. The lowest BCUT2D eigenvalue weighted by atomic mass is 9.99. The Balaban J connectivity index is 1.62. The normalized spacial score (nSPS) is 22.2. The van der Waals surface area contributed by atoms with Crippen LogP contribution in [0.4, 0.5) is 4.39 Å². The van der Waals surface area contributed by atoms with Gasteiger partial charge in [-0.2, -0.15) is 0 Å². The van der Waals surface area contributed by atoms with Gasteiger partial charge in [0.05, 0.1) is 17.8 Å². The maximum atomic E-state index is 13.9. The summed E-state index contributed by atoms with van der Waals surface area (Å²) in [4.78, 5) is 6.98. The van der Waals surface area contributed by atoms with Crippen molar-refractivity contribution >= 4 is 17.3 Å². The number of halogens is 1. The second-order valence-electron chi connectivity index (χ2n) is 7.76. The van der Waals surface area contributed by atoms with Crippen LogP contribution in [0.1, 0.15) is 49.2 Å². The molecule has 0 amide bonds. The standard InChI is InChI=1S/C23H23FN4S/c24-16-7-5-10-18(15-16)27-14-6-12-20(27)22-21(19-11-3-4-13-25-19)26-23(29)28(22)17-8-1-2-9-17/h3-7,10-15,17,21-22H,1-2,8-9H2,(H,26,29)/t21-,22-/m0/s1. The lowest BCUT2D eigenvalue weighted by molar-refractivity contribution is 0.239. The van der Waals surface area contributed by atoms with Crippen molar-refractivity contribution in [1.29, 1.82) is 0 Å². The van der Waals surface area contributed by atoms with E-state index in [0.29, 0.717) is 6.04 Å². The van der Waals surface area contributed by atoms with E-state index in [9.17, 15) is 4.39 Å². The summed E-state index contributed by atoms with van der Waals surface area (Å²) in [6, 6.07) is 17.2. The summed E-state index contributed by atoms with van der Waals surface area (Å²) in [6.45, 7) is 0. The van der Waals surface area contributed by atoms with E-state index >= 15 is 0 Å². The molecule has 4 nitrogen and oxygen atoms in total. The van der Waals surface area contributed by atoms with Crippen LogP contribution in [-0.4, -0.2) is 25.6 Å². The number of nitrogens with zero attached hydrogens (tertiary/aromatic N) is 3. The van der Waals surface area contributed by atoms with E-state index in [2.05, 4.69) is 25.8 Å². The largest absolute Gasteiger partial charge is 0.352 e. The molecule has 2 fully saturated rings. The Morgan fingerprint density at radius 1 is 1.03 bits per heavy atom. The predicted octanol–water partition coefficient (Wildman–Crippen LogP) is 4.93. The number of pyridine rings is 1. The number of hydrogen-bond acceptors (Lipinski definition) is 2. The summed E-state index contributed by atoms with van der Waals surface area (Å²) in [5.74, 6) is -0.240. The fraction of sp³-hybridized carbons (Fsp3) is 0.304. The highest BCUT2D eigenvalue weighted by atomic mass is 32.1. The second-order valence-corrected chi connectivity index (χ2v) is 8.14. The number of hydrogen-bond donors (Lipinski definition) is 1. The van der Waals surface area contributed by atoms with Crippen molar-refractivity contribution in [1.82, 2.24) is 19.8 Å². The highest BCUT2D eigenvalue weighted by Gasteiger charge is 2.44. The van der Waals surface area contributed by atoms with E-state index in [0.717, 1.165) is 35.0 Å². The quantitative estimate of drug-likeness (QED) is 0.623. The molecule has 1 aromatic carbocycles. The van der Waals surface area contributed by atoms with Crippen LogP contribution in [0.3, 0.4) is 0 Å². The minimum Gasteiger partial charge on any atom is -0.352 e. The Morgan fingerprint density at radius 2 is 1.90 bits per heavy atom. The number of benzene rings is 1. The maximum Gasteiger partial charge on any atom is 0.170 e. The smallest absolute Gasteiger partial charge is 0.170 e. The Labute approximate surface area is 175 Å². The van der Waals surface area contributed by atoms with Gasteiger partial charge >= 0.3 is 0 Å². The van der Waals surface area contributed by atoms with E-state index < -0.39 is 0 Å². The fourth-order valence-corrected chi connectivity index (χ4v) is 5.14. The molecule has 3 aromatic rings.